The van der Waals surface area contributed by atoms with Crippen LogP contribution in [-0.2, 0) is 4.79 Å². The zero-order valence-corrected chi connectivity index (χ0v) is 15.6. The van der Waals surface area contributed by atoms with Crippen LogP contribution in [0.2, 0.25) is 5.02 Å². The predicted molar refractivity (Wildman–Crippen MR) is 102 cm³/mol. The molecule has 0 radical (unpaired) electrons. The van der Waals surface area contributed by atoms with Gasteiger partial charge in [-0.25, -0.2) is 8.78 Å². The van der Waals surface area contributed by atoms with Crippen LogP contribution >= 0.6 is 11.6 Å². The summed E-state index contributed by atoms with van der Waals surface area (Å²) < 4.78 is 38.9. The lowest BCUT2D eigenvalue weighted by atomic mass is 9.98. The van der Waals surface area contributed by atoms with Crippen molar-refractivity contribution in [2.45, 2.75) is 0 Å². The number of carbonyl (C=O) groups is 1. The van der Waals surface area contributed by atoms with Crippen LogP contribution in [0.4, 0.5) is 14.5 Å². The number of ether oxygens (including phenoxy) is 2. The summed E-state index contributed by atoms with van der Waals surface area (Å²) in [6.45, 7) is 5.30. The molecule has 2 heterocycles. The van der Waals surface area contributed by atoms with Crippen molar-refractivity contribution < 1.29 is 23.0 Å². The predicted octanol–water partition coefficient (Wildman–Crippen LogP) is 3.93. The van der Waals surface area contributed by atoms with Gasteiger partial charge in [0.1, 0.15) is 11.6 Å². The fraction of sp³-hybridized carbons (Fsp3) is 0.250. The van der Waals surface area contributed by atoms with E-state index in [-0.39, 0.29) is 29.2 Å². The van der Waals surface area contributed by atoms with E-state index in [1.165, 1.54) is 24.3 Å². The molecule has 146 valence electrons. The van der Waals surface area contributed by atoms with Crippen molar-refractivity contribution in [3.63, 3.8) is 0 Å². The van der Waals surface area contributed by atoms with Crippen molar-refractivity contribution >= 4 is 28.9 Å². The lowest BCUT2D eigenvalue weighted by Gasteiger charge is -2.42. The third-order valence-corrected chi connectivity index (χ3v) is 5.03. The standard InChI is InChI=1S/C20H17ClF2N2O3/c1-11(13-5-17-18(6-16(13)23)27-10-19(26)24-17)25-7-12(8-25)9-28-20-14(21)3-2-4-15(20)22/h2-6,12H,1,7-10H2,(H,24,26). The molecule has 2 aliphatic rings. The lowest BCUT2D eigenvalue weighted by Crippen LogP contribution is -2.47. The number of hydrogen-bond acceptors (Lipinski definition) is 4. The van der Waals surface area contributed by atoms with Gasteiger partial charge in [0.2, 0.25) is 0 Å². The summed E-state index contributed by atoms with van der Waals surface area (Å²) in [6, 6.07) is 7.14. The number of fused-ring (bicyclic) bond motifs is 1. The molecular formula is C20H17ClF2N2O3. The third-order valence-electron chi connectivity index (χ3n) is 4.73. The molecule has 2 aliphatic heterocycles. The zero-order chi connectivity index (χ0) is 19.8. The van der Waals surface area contributed by atoms with Crippen molar-refractivity contribution in [3.8, 4) is 11.5 Å². The Kier molecular flexibility index (Phi) is 4.85. The highest BCUT2D eigenvalue weighted by Gasteiger charge is 2.31. The molecule has 0 aliphatic carbocycles. The van der Waals surface area contributed by atoms with Crippen LogP contribution in [0.1, 0.15) is 5.56 Å². The highest BCUT2D eigenvalue weighted by molar-refractivity contribution is 6.32. The van der Waals surface area contributed by atoms with E-state index in [9.17, 15) is 13.6 Å². The molecule has 1 amide bonds. The summed E-state index contributed by atoms with van der Waals surface area (Å²) in [7, 11) is 0. The first kappa shape index (κ1) is 18.6. The average Bonchev–Trinajstić information content (AvgIpc) is 2.62. The molecule has 4 rings (SSSR count). The second kappa shape index (κ2) is 7.31. The van der Waals surface area contributed by atoms with E-state index in [2.05, 4.69) is 11.9 Å². The normalized spacial score (nSPS) is 16.0. The third kappa shape index (κ3) is 3.49. The number of anilines is 1. The monoisotopic (exact) mass is 406 g/mol. The fourth-order valence-corrected chi connectivity index (χ4v) is 3.43. The van der Waals surface area contributed by atoms with Crippen LogP contribution in [0.3, 0.4) is 0 Å². The molecule has 0 atom stereocenters. The SMILES string of the molecule is C=C(c1cc2c(cc1F)OCC(=O)N2)N1CC(COc2c(F)cccc2Cl)C1. The number of benzene rings is 2. The zero-order valence-electron chi connectivity index (χ0n) is 14.8. The summed E-state index contributed by atoms with van der Waals surface area (Å²) in [5.41, 5.74) is 1.21. The Balaban J connectivity index is 1.38. The van der Waals surface area contributed by atoms with Gasteiger partial charge < -0.3 is 19.7 Å². The molecule has 0 bridgehead atoms. The Morgan fingerprint density at radius 1 is 1.32 bits per heavy atom. The highest BCUT2D eigenvalue weighted by atomic mass is 35.5. The Labute approximate surface area is 165 Å². The number of amides is 1. The first-order valence-electron chi connectivity index (χ1n) is 8.69. The van der Waals surface area contributed by atoms with E-state index < -0.39 is 11.6 Å². The topological polar surface area (TPSA) is 50.8 Å². The summed E-state index contributed by atoms with van der Waals surface area (Å²) in [5.74, 6) is -0.797. The Bertz CT molecular complexity index is 940. The van der Waals surface area contributed by atoms with Gasteiger partial charge >= 0.3 is 0 Å². The van der Waals surface area contributed by atoms with Crippen molar-refractivity contribution in [1.82, 2.24) is 4.90 Å². The van der Waals surface area contributed by atoms with Crippen molar-refractivity contribution in [2.75, 3.05) is 31.6 Å². The van der Waals surface area contributed by atoms with E-state index in [0.717, 1.165) is 0 Å². The molecule has 5 nitrogen and oxygen atoms in total. The molecular weight excluding hydrogens is 390 g/mol. The van der Waals surface area contributed by atoms with Gasteiger partial charge in [-0.3, -0.25) is 4.79 Å². The Morgan fingerprint density at radius 3 is 2.86 bits per heavy atom. The van der Waals surface area contributed by atoms with Crippen molar-refractivity contribution in [3.05, 3.63) is 59.1 Å². The van der Waals surface area contributed by atoms with Crippen LogP contribution in [0.15, 0.2) is 36.9 Å². The van der Waals surface area contributed by atoms with E-state index in [0.29, 0.717) is 42.4 Å². The van der Waals surface area contributed by atoms with Gasteiger partial charge in [-0.15, -0.1) is 0 Å². The van der Waals surface area contributed by atoms with Gasteiger partial charge in [-0.2, -0.15) is 0 Å². The minimum atomic E-state index is -0.506. The van der Waals surface area contributed by atoms with Gasteiger partial charge in [0, 0.05) is 36.3 Å². The van der Waals surface area contributed by atoms with Crippen LogP contribution in [0, 0.1) is 17.6 Å². The van der Waals surface area contributed by atoms with Crippen molar-refractivity contribution in [1.29, 1.82) is 0 Å². The molecule has 0 aromatic heterocycles. The largest absolute Gasteiger partial charge is 0.489 e. The number of rotatable bonds is 5. The Hall–Kier alpha value is -2.80. The first-order chi connectivity index (χ1) is 13.4. The second-order valence-corrected chi connectivity index (χ2v) is 7.15. The summed E-state index contributed by atoms with van der Waals surface area (Å²) in [6.07, 6.45) is 0. The van der Waals surface area contributed by atoms with Crippen molar-refractivity contribution in [2.24, 2.45) is 5.92 Å². The minimum Gasteiger partial charge on any atom is -0.489 e. The maximum atomic E-state index is 14.4. The van der Waals surface area contributed by atoms with Gasteiger partial charge in [-0.05, 0) is 18.2 Å². The van der Waals surface area contributed by atoms with Gasteiger partial charge in [0.15, 0.2) is 18.2 Å². The molecule has 2 aromatic carbocycles. The molecule has 0 spiro atoms. The fourth-order valence-electron chi connectivity index (χ4n) is 3.21. The van der Waals surface area contributed by atoms with Gasteiger partial charge in [0.25, 0.3) is 5.91 Å². The molecule has 8 heteroatoms. The van der Waals surface area contributed by atoms with E-state index in [1.54, 1.807) is 6.07 Å². The molecule has 0 unspecified atom stereocenters. The molecule has 1 fully saturated rings. The number of nitrogens with one attached hydrogen (secondary N) is 1. The number of para-hydroxylation sites is 1. The summed E-state index contributed by atoms with van der Waals surface area (Å²) >= 11 is 5.95. The highest BCUT2D eigenvalue weighted by Crippen LogP contribution is 2.36. The second-order valence-electron chi connectivity index (χ2n) is 6.74. The molecule has 2 aromatic rings. The molecule has 1 N–H and O–H groups in total. The van der Waals surface area contributed by atoms with Crippen LogP contribution in [0.25, 0.3) is 5.70 Å². The first-order valence-corrected chi connectivity index (χ1v) is 9.07. The summed E-state index contributed by atoms with van der Waals surface area (Å²) in [5, 5.41) is 2.88. The number of hydrogen-bond donors (Lipinski definition) is 1. The number of carbonyl (C=O) groups excluding carboxylic acids is 1. The smallest absolute Gasteiger partial charge is 0.262 e. The number of halogens is 3. The average molecular weight is 407 g/mol. The van der Waals surface area contributed by atoms with Crippen LogP contribution in [-0.4, -0.2) is 37.1 Å². The molecule has 1 saturated heterocycles. The maximum Gasteiger partial charge on any atom is 0.262 e. The molecule has 28 heavy (non-hydrogen) atoms. The van der Waals surface area contributed by atoms with E-state index in [4.69, 9.17) is 21.1 Å². The lowest BCUT2D eigenvalue weighted by molar-refractivity contribution is -0.118. The van der Waals surface area contributed by atoms with Gasteiger partial charge in [-0.1, -0.05) is 24.2 Å². The summed E-state index contributed by atoms with van der Waals surface area (Å²) in [4.78, 5) is 13.4. The molecule has 0 saturated carbocycles. The maximum absolute atomic E-state index is 14.4. The number of likely N-dealkylation sites (tertiary alicyclic amines) is 1. The van der Waals surface area contributed by atoms with Crippen LogP contribution < -0.4 is 14.8 Å². The number of nitrogens with zero attached hydrogens (tertiary/aromatic N) is 1. The van der Waals surface area contributed by atoms with Crippen LogP contribution in [0.5, 0.6) is 11.5 Å². The minimum absolute atomic E-state index is 0.0397. The van der Waals surface area contributed by atoms with Gasteiger partial charge in [0.05, 0.1) is 17.3 Å². The Morgan fingerprint density at radius 2 is 2.11 bits per heavy atom. The quantitative estimate of drug-likeness (QED) is 0.817. The van der Waals surface area contributed by atoms with E-state index >= 15 is 0 Å². The van der Waals surface area contributed by atoms with E-state index in [1.807, 2.05) is 4.90 Å².